The van der Waals surface area contributed by atoms with Gasteiger partial charge in [-0.25, -0.2) is 4.98 Å². The first-order valence-corrected chi connectivity index (χ1v) is 3.28. The zero-order chi connectivity index (χ0) is 8.81. The van der Waals surface area contributed by atoms with Crippen molar-refractivity contribution in [3.63, 3.8) is 0 Å². The maximum atomic E-state index is 8.29. The zero-order valence-corrected chi connectivity index (χ0v) is 6.23. The van der Waals surface area contributed by atoms with Crippen molar-refractivity contribution >= 4 is 0 Å². The second-order valence-corrected chi connectivity index (χ2v) is 2.04. The summed E-state index contributed by atoms with van der Waals surface area (Å²) in [5.74, 6) is 0.388. The molecule has 0 atom stereocenters. The van der Waals surface area contributed by atoms with E-state index in [0.717, 1.165) is 0 Å². The summed E-state index contributed by atoms with van der Waals surface area (Å²) in [6.07, 6.45) is 1.82. The maximum absolute atomic E-state index is 8.29. The van der Waals surface area contributed by atoms with Crippen molar-refractivity contribution in [2.75, 3.05) is 0 Å². The second kappa shape index (κ2) is 3.99. The monoisotopic (exact) mass is 159 g/mol. The summed E-state index contributed by atoms with van der Waals surface area (Å²) in [6.45, 7) is 0. The van der Waals surface area contributed by atoms with Crippen LogP contribution in [0.25, 0.3) is 0 Å². The van der Waals surface area contributed by atoms with E-state index in [-0.39, 0.29) is 12.8 Å². The molecule has 5 nitrogen and oxygen atoms in total. The third-order valence-electron chi connectivity index (χ3n) is 1.15. The molecule has 58 valence electrons. The van der Waals surface area contributed by atoms with E-state index < -0.39 is 0 Å². The maximum Gasteiger partial charge on any atom is 0.165 e. The van der Waals surface area contributed by atoms with Gasteiger partial charge in [0.15, 0.2) is 5.82 Å². The summed E-state index contributed by atoms with van der Waals surface area (Å²) in [5, 5.41) is 23.9. The molecule has 1 heterocycles. The molecule has 1 aromatic rings. The van der Waals surface area contributed by atoms with E-state index in [1.807, 2.05) is 12.1 Å². The Hall–Kier alpha value is -2.01. The first-order chi connectivity index (χ1) is 5.86. The molecule has 0 spiro atoms. The van der Waals surface area contributed by atoms with Crippen molar-refractivity contribution in [3.05, 3.63) is 17.7 Å². The Morgan fingerprint density at radius 1 is 1.17 bits per heavy atom. The topological polar surface area (TPSA) is 86.2 Å². The highest BCUT2D eigenvalue weighted by Crippen LogP contribution is 1.92. The molecule has 12 heavy (non-hydrogen) atoms. The molecule has 1 aromatic heterocycles. The van der Waals surface area contributed by atoms with Gasteiger partial charge in [-0.15, -0.1) is 5.10 Å². The zero-order valence-electron chi connectivity index (χ0n) is 6.23. The van der Waals surface area contributed by atoms with Gasteiger partial charge in [0.05, 0.1) is 36.9 Å². The summed E-state index contributed by atoms with van der Waals surface area (Å²) in [5.41, 5.74) is 0.527. The summed E-state index contributed by atoms with van der Waals surface area (Å²) < 4.78 is 0. The number of hydrogen-bond acceptors (Lipinski definition) is 5. The molecule has 0 bridgehead atoms. The lowest BCUT2D eigenvalue weighted by Crippen LogP contribution is -1.99. The third-order valence-corrected chi connectivity index (χ3v) is 1.15. The van der Waals surface area contributed by atoms with Gasteiger partial charge in [-0.1, -0.05) is 0 Å². The van der Waals surface area contributed by atoms with Crippen LogP contribution in [0, 0.1) is 22.7 Å². The van der Waals surface area contributed by atoms with Crippen LogP contribution >= 0.6 is 0 Å². The molecule has 5 heteroatoms. The van der Waals surface area contributed by atoms with Gasteiger partial charge in [0.2, 0.25) is 0 Å². The molecular weight excluding hydrogens is 154 g/mol. The number of rotatable bonds is 2. The van der Waals surface area contributed by atoms with Crippen LogP contribution in [0.3, 0.4) is 0 Å². The summed E-state index contributed by atoms with van der Waals surface area (Å²) in [7, 11) is 0. The molecule has 0 amide bonds. The van der Waals surface area contributed by atoms with Gasteiger partial charge in [-0.2, -0.15) is 15.6 Å². The fourth-order valence-electron chi connectivity index (χ4n) is 0.636. The van der Waals surface area contributed by atoms with Crippen molar-refractivity contribution in [3.8, 4) is 12.1 Å². The van der Waals surface area contributed by atoms with E-state index in [1.54, 1.807) is 0 Å². The van der Waals surface area contributed by atoms with E-state index in [2.05, 4.69) is 15.2 Å². The van der Waals surface area contributed by atoms with E-state index in [4.69, 9.17) is 10.5 Å². The molecular formula is C7H5N5. The predicted molar refractivity (Wildman–Crippen MR) is 38.5 cm³/mol. The van der Waals surface area contributed by atoms with Gasteiger partial charge < -0.3 is 0 Å². The number of aromatic nitrogens is 3. The molecule has 0 N–H and O–H groups in total. The SMILES string of the molecule is N#CCc1cnc(CC#N)nn1. The van der Waals surface area contributed by atoms with Gasteiger partial charge >= 0.3 is 0 Å². The first kappa shape index (κ1) is 8.09. The van der Waals surface area contributed by atoms with Crippen LogP contribution in [0.5, 0.6) is 0 Å². The minimum atomic E-state index is 0.153. The van der Waals surface area contributed by atoms with Gasteiger partial charge in [0, 0.05) is 0 Å². The van der Waals surface area contributed by atoms with E-state index in [0.29, 0.717) is 11.5 Å². The molecule has 0 saturated heterocycles. The molecule has 0 unspecified atom stereocenters. The van der Waals surface area contributed by atoms with Crippen LogP contribution in [0.4, 0.5) is 0 Å². The summed E-state index contributed by atoms with van der Waals surface area (Å²) in [4.78, 5) is 3.84. The van der Waals surface area contributed by atoms with Crippen LogP contribution in [-0.4, -0.2) is 15.2 Å². The highest BCUT2D eigenvalue weighted by Gasteiger charge is 1.97. The predicted octanol–water partition coefficient (Wildman–Crippen LogP) is 0.00376. The largest absolute Gasteiger partial charge is 0.236 e. The van der Waals surface area contributed by atoms with Crippen LogP contribution < -0.4 is 0 Å². The van der Waals surface area contributed by atoms with Crippen molar-refractivity contribution < 1.29 is 0 Å². The second-order valence-electron chi connectivity index (χ2n) is 2.04. The molecule has 0 saturated carbocycles. The smallest absolute Gasteiger partial charge is 0.165 e. The highest BCUT2D eigenvalue weighted by atomic mass is 15.1. The standard InChI is InChI=1S/C7H5N5/c8-3-1-6-5-10-7(2-4-9)12-11-6/h5H,1-2H2. The fourth-order valence-corrected chi connectivity index (χ4v) is 0.636. The van der Waals surface area contributed by atoms with Crippen molar-refractivity contribution in [1.82, 2.24) is 15.2 Å². The minimum absolute atomic E-state index is 0.153. The molecule has 0 aliphatic carbocycles. The fraction of sp³-hybridized carbons (Fsp3) is 0.286. The molecule has 0 aliphatic heterocycles. The first-order valence-electron chi connectivity index (χ1n) is 3.28. The van der Waals surface area contributed by atoms with Crippen LogP contribution in [0.2, 0.25) is 0 Å². The van der Waals surface area contributed by atoms with Crippen molar-refractivity contribution in [2.45, 2.75) is 12.8 Å². The van der Waals surface area contributed by atoms with Gasteiger partial charge in [0.1, 0.15) is 0 Å². The van der Waals surface area contributed by atoms with E-state index in [1.165, 1.54) is 6.20 Å². The normalized spacial score (nSPS) is 8.50. The average Bonchev–Trinajstić information content (AvgIpc) is 2.09. The minimum Gasteiger partial charge on any atom is -0.236 e. The number of hydrogen-bond donors (Lipinski definition) is 0. The van der Waals surface area contributed by atoms with E-state index in [9.17, 15) is 0 Å². The Morgan fingerprint density at radius 2 is 1.92 bits per heavy atom. The van der Waals surface area contributed by atoms with Gasteiger partial charge in [0.25, 0.3) is 0 Å². The molecule has 1 rings (SSSR count). The Morgan fingerprint density at radius 3 is 2.42 bits per heavy atom. The highest BCUT2D eigenvalue weighted by molar-refractivity contribution is 5.02. The number of nitriles is 2. The third kappa shape index (κ3) is 1.99. The van der Waals surface area contributed by atoms with Crippen LogP contribution in [-0.2, 0) is 12.8 Å². The lowest BCUT2D eigenvalue weighted by molar-refractivity contribution is 0.837. The summed E-state index contributed by atoms with van der Waals surface area (Å²) in [6, 6.07) is 3.83. The average molecular weight is 159 g/mol. The molecule has 0 fully saturated rings. The quantitative estimate of drug-likeness (QED) is 0.606. The van der Waals surface area contributed by atoms with Crippen LogP contribution in [0.1, 0.15) is 11.5 Å². The lowest BCUT2D eigenvalue weighted by atomic mass is 10.3. The van der Waals surface area contributed by atoms with Gasteiger partial charge in [-0.3, -0.25) is 0 Å². The van der Waals surface area contributed by atoms with Crippen LogP contribution in [0.15, 0.2) is 6.20 Å². The Balaban J connectivity index is 2.74. The Labute approximate surface area is 69.3 Å². The molecule has 0 radical (unpaired) electrons. The van der Waals surface area contributed by atoms with E-state index >= 15 is 0 Å². The van der Waals surface area contributed by atoms with Crippen molar-refractivity contribution in [2.24, 2.45) is 0 Å². The van der Waals surface area contributed by atoms with Gasteiger partial charge in [-0.05, 0) is 0 Å². The number of nitrogens with zero attached hydrogens (tertiary/aromatic N) is 5. The summed E-state index contributed by atoms with van der Waals surface area (Å²) >= 11 is 0. The van der Waals surface area contributed by atoms with Crippen molar-refractivity contribution in [1.29, 1.82) is 10.5 Å². The molecule has 0 aromatic carbocycles. The Kier molecular flexibility index (Phi) is 2.69. The molecule has 0 aliphatic rings. The Bertz CT molecular complexity index is 293. The lowest BCUT2D eigenvalue weighted by Gasteiger charge is -1.92.